The van der Waals surface area contributed by atoms with E-state index in [9.17, 15) is 9.90 Å². The predicted octanol–water partition coefficient (Wildman–Crippen LogP) is 2.91. The van der Waals surface area contributed by atoms with Crippen molar-refractivity contribution in [3.05, 3.63) is 36.8 Å². The van der Waals surface area contributed by atoms with Crippen molar-refractivity contribution in [2.24, 2.45) is 5.41 Å². The van der Waals surface area contributed by atoms with E-state index in [1.54, 1.807) is 12.5 Å². The van der Waals surface area contributed by atoms with E-state index in [-0.39, 0.29) is 0 Å². The smallest absolute Gasteiger partial charge is 0.309 e. The topological polar surface area (TPSA) is 53.7 Å². The average molecular weight is 263 g/mol. The van der Waals surface area contributed by atoms with E-state index in [0.29, 0.717) is 19.3 Å². The van der Waals surface area contributed by atoms with E-state index in [1.165, 1.54) is 0 Å². The van der Waals surface area contributed by atoms with Crippen molar-refractivity contribution in [1.29, 1.82) is 0 Å². The molecule has 0 spiro atoms. The Bertz CT molecular complexity index is 417. The zero-order valence-electron chi connectivity index (χ0n) is 11.2. The van der Waals surface area contributed by atoms with Crippen LogP contribution in [-0.4, -0.2) is 29.1 Å². The number of carboxylic acids is 1. The minimum Gasteiger partial charge on any atom is -0.481 e. The first-order valence-corrected chi connectivity index (χ1v) is 6.74. The van der Waals surface area contributed by atoms with Crippen LogP contribution in [0.25, 0.3) is 0 Å². The summed E-state index contributed by atoms with van der Waals surface area (Å²) >= 11 is 0. The van der Waals surface area contributed by atoms with Crippen LogP contribution in [0.1, 0.15) is 31.2 Å². The van der Waals surface area contributed by atoms with Crippen LogP contribution >= 0.6 is 0 Å². The number of hydrogen-bond acceptors (Lipinski definition) is 3. The number of piperidine rings is 1. The second-order valence-electron chi connectivity index (χ2n) is 5.32. The van der Waals surface area contributed by atoms with Crippen molar-refractivity contribution in [3.8, 4) is 0 Å². The fraction of sp³-hybridized carbons (Fsp3) is 0.533. The summed E-state index contributed by atoms with van der Waals surface area (Å²) in [5.74, 6) is -0.655. The lowest BCUT2D eigenvalue weighted by Crippen LogP contribution is -2.44. The molecular weight excluding hydrogens is 242 g/mol. The fourth-order valence-electron chi connectivity index (χ4n) is 2.73. The molecule has 1 aromatic heterocycles. The summed E-state index contributed by atoms with van der Waals surface area (Å²) in [5.41, 5.74) is 0.593. The van der Waals surface area contributed by atoms with Crippen molar-refractivity contribution in [2.45, 2.75) is 32.2 Å². The molecule has 1 fully saturated rings. The fourth-order valence-corrected chi connectivity index (χ4v) is 2.73. The van der Waals surface area contributed by atoms with Gasteiger partial charge in [-0.2, -0.15) is 0 Å². The normalized spacial score (nSPS) is 19.2. The van der Waals surface area contributed by atoms with Gasteiger partial charge < -0.3 is 9.52 Å². The van der Waals surface area contributed by atoms with Crippen LogP contribution in [0, 0.1) is 5.41 Å². The molecule has 0 atom stereocenters. The number of rotatable bonds is 6. The molecule has 0 radical (unpaired) electrons. The standard InChI is InChI=1S/C15H21NO3/c1-2-3-5-15(14(17)18)6-8-16(9-7-15)11-13-4-10-19-12-13/h2,4,10,12H,1,3,5-9,11H2,(H,17,18). The largest absolute Gasteiger partial charge is 0.481 e. The lowest BCUT2D eigenvalue weighted by Gasteiger charge is -2.38. The Hall–Kier alpha value is -1.55. The molecule has 0 saturated carbocycles. The summed E-state index contributed by atoms with van der Waals surface area (Å²) in [6.07, 6.45) is 8.13. The number of hydrogen-bond donors (Lipinski definition) is 1. The number of aliphatic carboxylic acids is 1. The number of likely N-dealkylation sites (tertiary alicyclic amines) is 1. The zero-order valence-corrected chi connectivity index (χ0v) is 11.2. The Morgan fingerprint density at radius 1 is 1.53 bits per heavy atom. The second kappa shape index (κ2) is 6.06. The first-order valence-electron chi connectivity index (χ1n) is 6.74. The number of carbonyl (C=O) groups is 1. The van der Waals surface area contributed by atoms with Gasteiger partial charge in [0.25, 0.3) is 0 Å². The van der Waals surface area contributed by atoms with Crippen molar-refractivity contribution >= 4 is 5.97 Å². The second-order valence-corrected chi connectivity index (χ2v) is 5.32. The molecule has 1 aliphatic rings. The first kappa shape index (κ1) is 13.9. The monoisotopic (exact) mass is 263 g/mol. The third-order valence-electron chi connectivity index (χ3n) is 4.08. The Balaban J connectivity index is 1.91. The van der Waals surface area contributed by atoms with Crippen molar-refractivity contribution < 1.29 is 14.3 Å². The summed E-state index contributed by atoms with van der Waals surface area (Å²) < 4.78 is 5.06. The molecule has 4 nitrogen and oxygen atoms in total. The average Bonchev–Trinajstić information content (AvgIpc) is 2.91. The summed E-state index contributed by atoms with van der Waals surface area (Å²) in [4.78, 5) is 13.8. The highest BCUT2D eigenvalue weighted by Crippen LogP contribution is 2.37. The van der Waals surface area contributed by atoms with Crippen molar-refractivity contribution in [1.82, 2.24) is 4.90 Å². The van der Waals surface area contributed by atoms with E-state index in [1.807, 2.05) is 12.1 Å². The molecule has 0 amide bonds. The molecule has 0 unspecified atom stereocenters. The van der Waals surface area contributed by atoms with Crippen LogP contribution in [0.15, 0.2) is 35.7 Å². The van der Waals surface area contributed by atoms with E-state index in [0.717, 1.165) is 31.6 Å². The molecule has 4 heteroatoms. The van der Waals surface area contributed by atoms with Gasteiger partial charge in [0, 0.05) is 12.1 Å². The Kier molecular flexibility index (Phi) is 4.43. The quantitative estimate of drug-likeness (QED) is 0.802. The minimum atomic E-state index is -0.655. The van der Waals surface area contributed by atoms with Gasteiger partial charge in [0.1, 0.15) is 0 Å². The van der Waals surface area contributed by atoms with Gasteiger partial charge in [-0.1, -0.05) is 6.08 Å². The molecule has 0 bridgehead atoms. The molecule has 19 heavy (non-hydrogen) atoms. The van der Waals surface area contributed by atoms with Gasteiger partial charge in [-0.3, -0.25) is 9.69 Å². The number of nitrogens with zero attached hydrogens (tertiary/aromatic N) is 1. The zero-order chi connectivity index (χ0) is 13.7. The van der Waals surface area contributed by atoms with Gasteiger partial charge in [0.05, 0.1) is 17.9 Å². The Labute approximate surface area is 113 Å². The van der Waals surface area contributed by atoms with Crippen LogP contribution in [0.5, 0.6) is 0 Å². The van der Waals surface area contributed by atoms with Crippen LogP contribution in [0.2, 0.25) is 0 Å². The molecule has 2 heterocycles. The van der Waals surface area contributed by atoms with Gasteiger partial charge in [-0.05, 0) is 44.8 Å². The number of carboxylic acid groups (broad SMARTS) is 1. The minimum absolute atomic E-state index is 0.554. The Morgan fingerprint density at radius 3 is 2.79 bits per heavy atom. The molecule has 1 aromatic rings. The van der Waals surface area contributed by atoms with Gasteiger partial charge in [-0.15, -0.1) is 6.58 Å². The number of allylic oxidation sites excluding steroid dienone is 1. The summed E-state index contributed by atoms with van der Waals surface area (Å²) in [7, 11) is 0. The number of furan rings is 1. The highest BCUT2D eigenvalue weighted by atomic mass is 16.4. The lowest BCUT2D eigenvalue weighted by atomic mass is 9.75. The molecule has 0 aliphatic carbocycles. The summed E-state index contributed by atoms with van der Waals surface area (Å²) in [6, 6.07) is 1.96. The molecular formula is C15H21NO3. The van der Waals surface area contributed by atoms with E-state index >= 15 is 0 Å². The maximum atomic E-state index is 11.5. The maximum Gasteiger partial charge on any atom is 0.309 e. The summed E-state index contributed by atoms with van der Waals surface area (Å²) in [5, 5.41) is 9.49. The molecule has 1 N–H and O–H groups in total. The van der Waals surface area contributed by atoms with Crippen LogP contribution in [0.3, 0.4) is 0 Å². The Morgan fingerprint density at radius 2 is 2.26 bits per heavy atom. The highest BCUT2D eigenvalue weighted by molar-refractivity contribution is 5.74. The molecule has 2 rings (SSSR count). The van der Waals surface area contributed by atoms with Crippen molar-refractivity contribution in [3.63, 3.8) is 0 Å². The van der Waals surface area contributed by atoms with Gasteiger partial charge in [-0.25, -0.2) is 0 Å². The molecule has 1 saturated heterocycles. The molecule has 104 valence electrons. The van der Waals surface area contributed by atoms with Gasteiger partial charge >= 0.3 is 5.97 Å². The summed E-state index contributed by atoms with van der Waals surface area (Å²) in [6.45, 7) is 6.18. The lowest BCUT2D eigenvalue weighted by molar-refractivity contribution is -0.152. The SMILES string of the molecule is C=CCCC1(C(=O)O)CCN(Cc2ccoc2)CC1. The molecule has 0 aromatic carbocycles. The third kappa shape index (κ3) is 3.26. The van der Waals surface area contributed by atoms with Crippen LogP contribution in [0.4, 0.5) is 0 Å². The van der Waals surface area contributed by atoms with Gasteiger partial charge in [0.2, 0.25) is 0 Å². The van der Waals surface area contributed by atoms with E-state index < -0.39 is 11.4 Å². The van der Waals surface area contributed by atoms with Crippen LogP contribution in [-0.2, 0) is 11.3 Å². The highest BCUT2D eigenvalue weighted by Gasteiger charge is 2.40. The first-order chi connectivity index (χ1) is 9.16. The maximum absolute atomic E-state index is 11.5. The van der Waals surface area contributed by atoms with Gasteiger partial charge in [0.15, 0.2) is 0 Å². The van der Waals surface area contributed by atoms with E-state index in [4.69, 9.17) is 4.42 Å². The molecule has 1 aliphatic heterocycles. The van der Waals surface area contributed by atoms with Crippen LogP contribution < -0.4 is 0 Å². The van der Waals surface area contributed by atoms with E-state index in [2.05, 4.69) is 11.5 Å². The van der Waals surface area contributed by atoms with Crippen molar-refractivity contribution in [2.75, 3.05) is 13.1 Å². The predicted molar refractivity (Wildman–Crippen MR) is 72.7 cm³/mol. The third-order valence-corrected chi connectivity index (χ3v) is 4.08.